The molecule has 0 amide bonds. The van der Waals surface area contributed by atoms with Gasteiger partial charge in [-0.15, -0.1) is 0 Å². The molecule has 3 fully saturated rings. The summed E-state index contributed by atoms with van der Waals surface area (Å²) in [6.07, 6.45) is 3.32. The number of ether oxygens (including phenoxy) is 2. The molecule has 0 aromatic rings. The highest BCUT2D eigenvalue weighted by molar-refractivity contribution is 4.87. The van der Waals surface area contributed by atoms with Crippen molar-refractivity contribution < 1.29 is 9.47 Å². The number of hydrogen-bond acceptors (Lipinski definition) is 4. The molecule has 0 spiro atoms. The number of hydrogen-bond donors (Lipinski definition) is 1. The lowest BCUT2D eigenvalue weighted by Gasteiger charge is -2.23. The first-order valence-corrected chi connectivity index (χ1v) is 6.58. The normalized spacial score (nSPS) is 40.9. The highest BCUT2D eigenvalue weighted by Crippen LogP contribution is 2.31. The van der Waals surface area contributed by atoms with Crippen LogP contribution in [-0.2, 0) is 9.47 Å². The summed E-state index contributed by atoms with van der Waals surface area (Å²) >= 11 is 0. The van der Waals surface area contributed by atoms with E-state index in [-0.39, 0.29) is 0 Å². The van der Waals surface area contributed by atoms with Crippen molar-refractivity contribution in [3.63, 3.8) is 0 Å². The van der Waals surface area contributed by atoms with Gasteiger partial charge in [-0.25, -0.2) is 0 Å². The quantitative estimate of drug-likeness (QED) is 0.723. The van der Waals surface area contributed by atoms with Gasteiger partial charge in [0.2, 0.25) is 0 Å². The summed E-state index contributed by atoms with van der Waals surface area (Å²) in [5, 5.41) is 3.44. The molecule has 0 aromatic carbocycles. The second-order valence-corrected chi connectivity index (χ2v) is 5.23. The second-order valence-electron chi connectivity index (χ2n) is 5.23. The zero-order chi connectivity index (χ0) is 10.8. The number of nitrogens with one attached hydrogen (secondary N) is 1. The van der Waals surface area contributed by atoms with E-state index in [9.17, 15) is 0 Å². The van der Waals surface area contributed by atoms with Crippen LogP contribution >= 0.6 is 0 Å². The Labute approximate surface area is 97.3 Å². The fraction of sp³-hybridized carbons (Fsp3) is 1.00. The average molecular weight is 226 g/mol. The van der Waals surface area contributed by atoms with Gasteiger partial charge in [0.15, 0.2) is 0 Å². The molecule has 3 saturated heterocycles. The predicted molar refractivity (Wildman–Crippen MR) is 61.5 cm³/mol. The molecule has 3 rings (SSSR count). The van der Waals surface area contributed by atoms with Gasteiger partial charge in [0, 0.05) is 25.6 Å². The van der Waals surface area contributed by atoms with E-state index in [1.165, 1.54) is 32.5 Å². The fourth-order valence-corrected chi connectivity index (χ4v) is 3.08. The molecular weight excluding hydrogens is 204 g/mol. The van der Waals surface area contributed by atoms with E-state index in [0.717, 1.165) is 26.3 Å². The molecule has 3 aliphatic rings. The lowest BCUT2D eigenvalue weighted by Crippen LogP contribution is -2.35. The van der Waals surface area contributed by atoms with E-state index in [4.69, 9.17) is 9.47 Å². The van der Waals surface area contributed by atoms with E-state index in [2.05, 4.69) is 10.2 Å². The van der Waals surface area contributed by atoms with Crippen LogP contribution in [0.3, 0.4) is 0 Å². The molecule has 0 bridgehead atoms. The van der Waals surface area contributed by atoms with Crippen LogP contribution in [0.2, 0.25) is 0 Å². The van der Waals surface area contributed by atoms with Crippen LogP contribution in [0.4, 0.5) is 0 Å². The first-order valence-electron chi connectivity index (χ1n) is 6.58. The summed E-state index contributed by atoms with van der Waals surface area (Å²) in [5.41, 5.74) is 0. The van der Waals surface area contributed by atoms with Crippen molar-refractivity contribution in [2.75, 3.05) is 45.9 Å². The van der Waals surface area contributed by atoms with Gasteiger partial charge in [-0.3, -0.25) is 4.90 Å². The third kappa shape index (κ3) is 2.40. The van der Waals surface area contributed by atoms with E-state index in [1.54, 1.807) is 0 Å². The molecule has 92 valence electrons. The largest absolute Gasteiger partial charge is 0.378 e. The maximum Gasteiger partial charge on any atom is 0.0863 e. The Kier molecular flexibility index (Phi) is 3.43. The van der Waals surface area contributed by atoms with Crippen molar-refractivity contribution in [1.29, 1.82) is 0 Å². The van der Waals surface area contributed by atoms with Crippen molar-refractivity contribution in [2.45, 2.75) is 25.0 Å². The third-order valence-electron chi connectivity index (χ3n) is 3.97. The third-order valence-corrected chi connectivity index (χ3v) is 3.97. The second kappa shape index (κ2) is 5.00. The van der Waals surface area contributed by atoms with Crippen LogP contribution in [0.5, 0.6) is 0 Å². The molecule has 4 nitrogen and oxygen atoms in total. The minimum absolute atomic E-state index is 0.398. The maximum absolute atomic E-state index is 6.04. The van der Waals surface area contributed by atoms with Crippen molar-refractivity contribution in [1.82, 2.24) is 10.2 Å². The molecule has 4 heteroatoms. The van der Waals surface area contributed by atoms with Gasteiger partial charge in [0.05, 0.1) is 25.4 Å². The van der Waals surface area contributed by atoms with E-state index in [0.29, 0.717) is 18.1 Å². The molecule has 3 heterocycles. The smallest absolute Gasteiger partial charge is 0.0863 e. The summed E-state index contributed by atoms with van der Waals surface area (Å²) in [5.74, 6) is 0.676. The van der Waals surface area contributed by atoms with Crippen LogP contribution in [-0.4, -0.2) is 63.0 Å². The molecule has 1 N–H and O–H groups in total. The van der Waals surface area contributed by atoms with Gasteiger partial charge in [-0.05, 0) is 25.9 Å². The Balaban J connectivity index is 1.48. The van der Waals surface area contributed by atoms with Gasteiger partial charge < -0.3 is 14.8 Å². The van der Waals surface area contributed by atoms with E-state index >= 15 is 0 Å². The van der Waals surface area contributed by atoms with Crippen molar-refractivity contribution in [2.24, 2.45) is 5.92 Å². The van der Waals surface area contributed by atoms with Crippen molar-refractivity contribution in [3.05, 3.63) is 0 Å². The number of nitrogens with zero attached hydrogens (tertiary/aromatic N) is 1. The van der Waals surface area contributed by atoms with Gasteiger partial charge >= 0.3 is 0 Å². The van der Waals surface area contributed by atoms with Gasteiger partial charge in [-0.2, -0.15) is 0 Å². The zero-order valence-electron chi connectivity index (χ0n) is 9.86. The zero-order valence-corrected chi connectivity index (χ0v) is 9.86. The SMILES string of the molecule is C1CNCCN(CC2CC3COCC3O2)C1. The van der Waals surface area contributed by atoms with Crippen LogP contribution in [0.25, 0.3) is 0 Å². The topological polar surface area (TPSA) is 33.7 Å². The monoisotopic (exact) mass is 226 g/mol. The summed E-state index contributed by atoms with van der Waals surface area (Å²) in [7, 11) is 0. The average Bonchev–Trinajstić information content (AvgIpc) is 2.72. The molecular formula is C12H22N2O2. The molecule has 0 radical (unpaired) electrons. The van der Waals surface area contributed by atoms with Crippen molar-refractivity contribution >= 4 is 0 Å². The van der Waals surface area contributed by atoms with E-state index in [1.807, 2.05) is 0 Å². The summed E-state index contributed by atoms with van der Waals surface area (Å²) in [4.78, 5) is 2.55. The van der Waals surface area contributed by atoms with Crippen LogP contribution in [0, 0.1) is 5.92 Å². The van der Waals surface area contributed by atoms with Crippen LogP contribution in [0.15, 0.2) is 0 Å². The Hall–Kier alpha value is -0.160. The molecule has 0 aromatic heterocycles. The van der Waals surface area contributed by atoms with Crippen LogP contribution < -0.4 is 5.32 Å². The summed E-state index contributed by atoms with van der Waals surface area (Å²) in [6.45, 7) is 7.55. The fourth-order valence-electron chi connectivity index (χ4n) is 3.08. The lowest BCUT2D eigenvalue weighted by atomic mass is 10.0. The van der Waals surface area contributed by atoms with Gasteiger partial charge in [0.25, 0.3) is 0 Å². The maximum atomic E-state index is 6.04. The minimum atomic E-state index is 0.398. The van der Waals surface area contributed by atoms with Crippen LogP contribution in [0.1, 0.15) is 12.8 Å². The highest BCUT2D eigenvalue weighted by atomic mass is 16.6. The summed E-state index contributed by atoms with van der Waals surface area (Å²) in [6, 6.07) is 0. The standard InChI is InChI=1S/C12H22N2O2/c1-2-13-3-5-14(4-1)7-11-6-10-8-15-9-12(10)16-11/h10-13H,1-9H2. The Morgan fingerprint density at radius 1 is 1.19 bits per heavy atom. The lowest BCUT2D eigenvalue weighted by molar-refractivity contribution is 0.00403. The predicted octanol–water partition coefficient (Wildman–Crippen LogP) is 0.0856. The Bertz CT molecular complexity index is 217. The number of rotatable bonds is 2. The molecule has 0 aliphatic carbocycles. The minimum Gasteiger partial charge on any atom is -0.378 e. The molecule has 3 unspecified atom stereocenters. The van der Waals surface area contributed by atoms with Crippen molar-refractivity contribution in [3.8, 4) is 0 Å². The Morgan fingerprint density at radius 3 is 3.12 bits per heavy atom. The molecule has 3 atom stereocenters. The highest BCUT2D eigenvalue weighted by Gasteiger charge is 2.39. The number of fused-ring (bicyclic) bond motifs is 1. The molecule has 16 heavy (non-hydrogen) atoms. The first kappa shape index (κ1) is 11.0. The first-order chi connectivity index (χ1) is 7.92. The molecule has 0 saturated carbocycles. The van der Waals surface area contributed by atoms with Gasteiger partial charge in [-0.1, -0.05) is 0 Å². The summed E-state index contributed by atoms with van der Waals surface area (Å²) < 4.78 is 11.5. The Morgan fingerprint density at radius 2 is 2.19 bits per heavy atom. The molecule has 3 aliphatic heterocycles. The van der Waals surface area contributed by atoms with Gasteiger partial charge in [0.1, 0.15) is 0 Å². The van der Waals surface area contributed by atoms with E-state index < -0.39 is 0 Å².